The van der Waals surface area contributed by atoms with E-state index in [0.29, 0.717) is 5.75 Å². The number of methoxy groups -OCH3 is 1. The summed E-state index contributed by atoms with van der Waals surface area (Å²) in [6, 6.07) is 6.95. The summed E-state index contributed by atoms with van der Waals surface area (Å²) in [4.78, 5) is 26.7. The summed E-state index contributed by atoms with van der Waals surface area (Å²) in [5.41, 5.74) is -0.294. The van der Waals surface area contributed by atoms with Crippen molar-refractivity contribution in [3.63, 3.8) is 0 Å². The number of imide groups is 1. The van der Waals surface area contributed by atoms with Crippen LogP contribution in [0.1, 0.15) is 25.3 Å². The minimum Gasteiger partial charge on any atom is -0.497 e. The van der Waals surface area contributed by atoms with E-state index in [2.05, 4.69) is 10.6 Å². The second-order valence-electron chi connectivity index (χ2n) is 5.94. The number of carbonyl (C=O) groups excluding carboxylic acids is 2. The summed E-state index contributed by atoms with van der Waals surface area (Å²) in [5, 5.41) is 6.11. The summed E-state index contributed by atoms with van der Waals surface area (Å²) in [7, 11) is 1.58. The van der Waals surface area contributed by atoms with Crippen LogP contribution in [0.25, 0.3) is 0 Å². The number of ether oxygens (including phenoxy) is 1. The molecule has 0 bridgehead atoms. The monoisotopic (exact) mass is 303 g/mol. The van der Waals surface area contributed by atoms with Gasteiger partial charge in [0.15, 0.2) is 0 Å². The van der Waals surface area contributed by atoms with Gasteiger partial charge in [-0.1, -0.05) is 12.1 Å². The molecule has 1 unspecified atom stereocenters. The van der Waals surface area contributed by atoms with Crippen LogP contribution in [-0.4, -0.2) is 43.1 Å². The molecule has 22 heavy (non-hydrogen) atoms. The maximum absolute atomic E-state index is 12.9. The van der Waals surface area contributed by atoms with Crippen molar-refractivity contribution in [3.8, 4) is 5.75 Å². The molecule has 0 saturated carbocycles. The van der Waals surface area contributed by atoms with Gasteiger partial charge in [0.1, 0.15) is 11.3 Å². The van der Waals surface area contributed by atoms with Crippen LogP contribution in [0.4, 0.5) is 4.79 Å². The summed E-state index contributed by atoms with van der Waals surface area (Å²) in [6.45, 7) is 3.41. The second kappa shape index (κ2) is 5.61. The Morgan fingerprint density at radius 3 is 2.68 bits per heavy atom. The van der Waals surface area contributed by atoms with Gasteiger partial charge >= 0.3 is 6.03 Å². The average molecular weight is 303 g/mol. The van der Waals surface area contributed by atoms with E-state index in [9.17, 15) is 9.59 Å². The Balaban J connectivity index is 1.91. The maximum Gasteiger partial charge on any atom is 0.325 e. The minimum atomic E-state index is -1.03. The molecule has 2 fully saturated rings. The predicted octanol–water partition coefficient (Wildman–Crippen LogP) is 1.21. The molecule has 3 amide bonds. The van der Waals surface area contributed by atoms with Crippen molar-refractivity contribution >= 4 is 11.9 Å². The lowest BCUT2D eigenvalue weighted by Crippen LogP contribution is -2.47. The van der Waals surface area contributed by atoms with E-state index in [1.54, 1.807) is 20.1 Å². The van der Waals surface area contributed by atoms with Crippen molar-refractivity contribution in [1.29, 1.82) is 0 Å². The van der Waals surface area contributed by atoms with Crippen LogP contribution in [0, 0.1) is 0 Å². The molecule has 0 radical (unpaired) electrons. The normalized spacial score (nSPS) is 26.2. The lowest BCUT2D eigenvalue weighted by atomic mass is 9.91. The topological polar surface area (TPSA) is 70.7 Å². The Morgan fingerprint density at radius 1 is 1.27 bits per heavy atom. The number of rotatable bonds is 3. The van der Waals surface area contributed by atoms with Crippen molar-refractivity contribution < 1.29 is 14.3 Å². The molecule has 2 heterocycles. The molecule has 2 saturated heterocycles. The van der Waals surface area contributed by atoms with Gasteiger partial charge in [0.2, 0.25) is 0 Å². The molecular weight excluding hydrogens is 282 g/mol. The number of nitrogens with one attached hydrogen (secondary N) is 2. The largest absolute Gasteiger partial charge is 0.497 e. The molecule has 0 aliphatic carbocycles. The zero-order chi connectivity index (χ0) is 15.7. The highest BCUT2D eigenvalue weighted by Gasteiger charge is 2.51. The SMILES string of the molecule is COc1cccc(C2(C)NC(=O)N(C3CCNCC3)C2=O)c1. The first-order chi connectivity index (χ1) is 10.6. The highest BCUT2D eigenvalue weighted by atomic mass is 16.5. The summed E-state index contributed by atoms with van der Waals surface area (Å²) < 4.78 is 5.22. The molecule has 1 atom stereocenters. The van der Waals surface area contributed by atoms with E-state index in [1.165, 1.54) is 4.90 Å². The molecule has 6 nitrogen and oxygen atoms in total. The number of hydrogen-bond acceptors (Lipinski definition) is 4. The third kappa shape index (κ3) is 2.33. The molecule has 2 aliphatic heterocycles. The third-order valence-corrected chi connectivity index (χ3v) is 4.54. The number of piperidine rings is 1. The van der Waals surface area contributed by atoms with Crippen molar-refractivity contribution in [1.82, 2.24) is 15.5 Å². The zero-order valence-corrected chi connectivity index (χ0v) is 12.9. The van der Waals surface area contributed by atoms with Crippen LogP contribution in [-0.2, 0) is 10.3 Å². The van der Waals surface area contributed by atoms with E-state index in [-0.39, 0.29) is 18.0 Å². The number of amides is 3. The molecule has 3 rings (SSSR count). The molecule has 0 aromatic heterocycles. The Hall–Kier alpha value is -2.08. The first-order valence-electron chi connectivity index (χ1n) is 7.57. The standard InChI is InChI=1S/C16H21N3O3/c1-16(11-4-3-5-13(10-11)22-2)14(20)19(15(21)18-16)12-6-8-17-9-7-12/h3-5,10,12,17H,6-9H2,1-2H3,(H,18,21). The van der Waals surface area contributed by atoms with Gasteiger partial charge in [-0.3, -0.25) is 9.69 Å². The lowest BCUT2D eigenvalue weighted by molar-refractivity contribution is -0.133. The summed E-state index contributed by atoms with van der Waals surface area (Å²) in [6.07, 6.45) is 1.60. The fourth-order valence-corrected chi connectivity index (χ4v) is 3.19. The van der Waals surface area contributed by atoms with Gasteiger partial charge < -0.3 is 15.4 Å². The van der Waals surface area contributed by atoms with Gasteiger partial charge in [0.25, 0.3) is 5.91 Å². The third-order valence-electron chi connectivity index (χ3n) is 4.54. The van der Waals surface area contributed by atoms with Gasteiger partial charge in [0.05, 0.1) is 7.11 Å². The number of hydrogen-bond donors (Lipinski definition) is 2. The van der Waals surface area contributed by atoms with Crippen LogP contribution in [0.5, 0.6) is 5.75 Å². The molecule has 1 aromatic rings. The van der Waals surface area contributed by atoms with Crippen molar-refractivity contribution in [2.45, 2.75) is 31.3 Å². The molecule has 0 spiro atoms. The number of urea groups is 1. The fourth-order valence-electron chi connectivity index (χ4n) is 3.19. The maximum atomic E-state index is 12.9. The minimum absolute atomic E-state index is 0.0267. The highest BCUT2D eigenvalue weighted by Crippen LogP contribution is 2.33. The summed E-state index contributed by atoms with van der Waals surface area (Å²) in [5.74, 6) is 0.485. The average Bonchev–Trinajstić information content (AvgIpc) is 2.79. The summed E-state index contributed by atoms with van der Waals surface area (Å²) >= 11 is 0. The molecule has 2 N–H and O–H groups in total. The number of nitrogens with zero attached hydrogens (tertiary/aromatic N) is 1. The zero-order valence-electron chi connectivity index (χ0n) is 12.9. The predicted molar refractivity (Wildman–Crippen MR) is 81.6 cm³/mol. The molecule has 1 aromatic carbocycles. The molecule has 6 heteroatoms. The van der Waals surface area contributed by atoms with Crippen LogP contribution in [0.3, 0.4) is 0 Å². The van der Waals surface area contributed by atoms with Crippen LogP contribution in [0.15, 0.2) is 24.3 Å². The molecular formula is C16H21N3O3. The Morgan fingerprint density at radius 2 is 2.00 bits per heavy atom. The molecule has 118 valence electrons. The van der Waals surface area contributed by atoms with E-state index in [4.69, 9.17) is 4.74 Å². The Kier molecular flexibility index (Phi) is 3.78. The fraction of sp³-hybridized carbons (Fsp3) is 0.500. The van der Waals surface area contributed by atoms with Crippen LogP contribution >= 0.6 is 0 Å². The van der Waals surface area contributed by atoms with E-state index in [1.807, 2.05) is 18.2 Å². The van der Waals surface area contributed by atoms with Gasteiger partial charge in [-0.05, 0) is 50.6 Å². The Bertz CT molecular complexity index is 598. The first kappa shape index (κ1) is 14.8. The van der Waals surface area contributed by atoms with E-state index < -0.39 is 5.54 Å². The smallest absolute Gasteiger partial charge is 0.325 e. The van der Waals surface area contributed by atoms with Crippen molar-refractivity contribution in [3.05, 3.63) is 29.8 Å². The molecule has 2 aliphatic rings. The van der Waals surface area contributed by atoms with Crippen LogP contribution in [0.2, 0.25) is 0 Å². The van der Waals surface area contributed by atoms with Crippen molar-refractivity contribution in [2.75, 3.05) is 20.2 Å². The van der Waals surface area contributed by atoms with Gasteiger partial charge in [-0.2, -0.15) is 0 Å². The van der Waals surface area contributed by atoms with Crippen LogP contribution < -0.4 is 15.4 Å². The van der Waals surface area contributed by atoms with E-state index in [0.717, 1.165) is 31.5 Å². The number of benzene rings is 1. The first-order valence-corrected chi connectivity index (χ1v) is 7.57. The van der Waals surface area contributed by atoms with Crippen molar-refractivity contribution in [2.24, 2.45) is 0 Å². The highest BCUT2D eigenvalue weighted by molar-refractivity contribution is 6.07. The number of carbonyl (C=O) groups is 2. The van der Waals surface area contributed by atoms with Gasteiger partial charge in [-0.25, -0.2) is 4.79 Å². The van der Waals surface area contributed by atoms with Gasteiger partial charge in [0, 0.05) is 6.04 Å². The van der Waals surface area contributed by atoms with E-state index >= 15 is 0 Å². The second-order valence-corrected chi connectivity index (χ2v) is 5.94. The Labute approximate surface area is 129 Å². The lowest BCUT2D eigenvalue weighted by Gasteiger charge is -2.30. The quantitative estimate of drug-likeness (QED) is 0.824. The van der Waals surface area contributed by atoms with Gasteiger partial charge in [-0.15, -0.1) is 0 Å².